The fraction of sp³-hybridized carbons (Fsp3) is 0.500. The Morgan fingerprint density at radius 2 is 2.46 bits per heavy atom. The second-order valence-corrected chi connectivity index (χ2v) is 3.87. The minimum absolute atomic E-state index is 0.300. The summed E-state index contributed by atoms with van der Waals surface area (Å²) < 4.78 is 0. The van der Waals surface area contributed by atoms with Crippen molar-refractivity contribution in [1.82, 2.24) is 0 Å². The molecular weight excluding hydrogens is 184 g/mol. The van der Waals surface area contributed by atoms with Gasteiger partial charge in [0.15, 0.2) is 0 Å². The highest BCUT2D eigenvalue weighted by Gasteiger charge is 2.18. The van der Waals surface area contributed by atoms with E-state index in [9.17, 15) is 4.79 Å². The van der Waals surface area contributed by atoms with E-state index >= 15 is 0 Å². The molecule has 1 atom stereocenters. The van der Waals surface area contributed by atoms with Crippen molar-refractivity contribution in [3.8, 4) is 0 Å². The van der Waals surface area contributed by atoms with Crippen molar-refractivity contribution in [3.05, 3.63) is 22.4 Å². The first-order chi connectivity index (χ1) is 6.25. The van der Waals surface area contributed by atoms with E-state index in [1.54, 1.807) is 11.3 Å². The molecule has 0 amide bonds. The topological polar surface area (TPSA) is 37.3 Å². The lowest BCUT2D eigenvalue weighted by molar-refractivity contribution is -0.139. The minimum Gasteiger partial charge on any atom is -0.481 e. The van der Waals surface area contributed by atoms with Gasteiger partial charge in [-0.25, -0.2) is 0 Å². The van der Waals surface area contributed by atoms with E-state index in [-0.39, 0.29) is 5.92 Å². The molecule has 0 spiro atoms. The first-order valence-corrected chi connectivity index (χ1v) is 5.45. The van der Waals surface area contributed by atoms with E-state index in [1.165, 1.54) is 0 Å². The van der Waals surface area contributed by atoms with Gasteiger partial charge in [-0.3, -0.25) is 4.79 Å². The first-order valence-electron chi connectivity index (χ1n) is 4.50. The molecule has 0 saturated carbocycles. The molecule has 1 rings (SSSR count). The molecule has 1 unspecified atom stereocenters. The second kappa shape index (κ2) is 5.02. The van der Waals surface area contributed by atoms with E-state index in [0.29, 0.717) is 0 Å². The van der Waals surface area contributed by atoms with E-state index < -0.39 is 5.97 Å². The van der Waals surface area contributed by atoms with Gasteiger partial charge in [0.05, 0.1) is 5.92 Å². The summed E-state index contributed by atoms with van der Waals surface area (Å²) in [4.78, 5) is 10.9. The molecule has 0 fully saturated rings. The Balaban J connectivity index is 2.63. The molecule has 0 aliphatic rings. The Kier molecular flexibility index (Phi) is 3.96. The molecule has 1 aromatic heterocycles. The van der Waals surface area contributed by atoms with Gasteiger partial charge in [0, 0.05) is 0 Å². The zero-order valence-electron chi connectivity index (χ0n) is 7.69. The molecule has 3 heteroatoms. The molecule has 0 aromatic carbocycles. The van der Waals surface area contributed by atoms with Crippen molar-refractivity contribution < 1.29 is 9.90 Å². The van der Waals surface area contributed by atoms with Crippen molar-refractivity contribution in [2.45, 2.75) is 32.1 Å². The van der Waals surface area contributed by atoms with Crippen LogP contribution in [0.1, 0.15) is 37.7 Å². The number of aliphatic carboxylic acids is 1. The van der Waals surface area contributed by atoms with Crippen LogP contribution >= 0.6 is 11.3 Å². The molecule has 1 aromatic rings. The maximum absolute atomic E-state index is 10.9. The summed E-state index contributed by atoms with van der Waals surface area (Å²) in [5.41, 5.74) is 0.950. The van der Waals surface area contributed by atoms with Crippen LogP contribution in [0.4, 0.5) is 0 Å². The number of carboxylic acids is 1. The SMILES string of the molecule is CCCCC(C(=O)O)c1ccsc1. The predicted octanol–water partition coefficient (Wildman–Crippen LogP) is 3.11. The number of rotatable bonds is 5. The van der Waals surface area contributed by atoms with Crippen LogP contribution in [-0.4, -0.2) is 11.1 Å². The summed E-state index contributed by atoms with van der Waals surface area (Å²) in [7, 11) is 0. The van der Waals surface area contributed by atoms with Crippen molar-refractivity contribution in [2.24, 2.45) is 0 Å². The summed E-state index contributed by atoms with van der Waals surface area (Å²) in [5.74, 6) is -1.00. The van der Waals surface area contributed by atoms with Crippen LogP contribution in [0.15, 0.2) is 16.8 Å². The van der Waals surface area contributed by atoms with Gasteiger partial charge in [-0.2, -0.15) is 11.3 Å². The van der Waals surface area contributed by atoms with Crippen LogP contribution in [0.5, 0.6) is 0 Å². The maximum atomic E-state index is 10.9. The number of unbranched alkanes of at least 4 members (excludes halogenated alkanes) is 1. The van der Waals surface area contributed by atoms with Gasteiger partial charge in [-0.15, -0.1) is 0 Å². The van der Waals surface area contributed by atoms with Crippen molar-refractivity contribution >= 4 is 17.3 Å². The lowest BCUT2D eigenvalue weighted by atomic mass is 9.96. The van der Waals surface area contributed by atoms with Crippen LogP contribution in [0.3, 0.4) is 0 Å². The lowest BCUT2D eigenvalue weighted by Crippen LogP contribution is -2.10. The van der Waals surface area contributed by atoms with Crippen LogP contribution in [0.25, 0.3) is 0 Å². The normalized spacial score (nSPS) is 12.7. The summed E-state index contributed by atoms with van der Waals surface area (Å²) >= 11 is 1.56. The maximum Gasteiger partial charge on any atom is 0.311 e. The average molecular weight is 198 g/mol. The number of carboxylic acid groups (broad SMARTS) is 1. The third-order valence-corrected chi connectivity index (χ3v) is 2.79. The Hall–Kier alpha value is -0.830. The standard InChI is InChI=1S/C10H14O2S/c1-2-3-4-9(10(11)12)8-5-6-13-7-8/h5-7,9H,2-4H2,1H3,(H,11,12). The number of thiophene rings is 1. The van der Waals surface area contributed by atoms with Gasteiger partial charge in [-0.1, -0.05) is 19.8 Å². The van der Waals surface area contributed by atoms with Gasteiger partial charge in [-0.05, 0) is 28.8 Å². The average Bonchev–Trinajstić information content (AvgIpc) is 2.57. The third kappa shape index (κ3) is 2.84. The molecule has 0 radical (unpaired) electrons. The Morgan fingerprint density at radius 1 is 1.69 bits per heavy atom. The molecule has 2 nitrogen and oxygen atoms in total. The number of hydrogen-bond acceptors (Lipinski definition) is 2. The van der Waals surface area contributed by atoms with Gasteiger partial charge in [0.2, 0.25) is 0 Å². The molecule has 0 saturated heterocycles. The summed E-state index contributed by atoms with van der Waals surface area (Å²) in [6.45, 7) is 2.08. The summed E-state index contributed by atoms with van der Waals surface area (Å²) in [5, 5.41) is 12.8. The molecule has 0 aliphatic heterocycles. The third-order valence-electron chi connectivity index (χ3n) is 2.09. The smallest absolute Gasteiger partial charge is 0.311 e. The fourth-order valence-corrected chi connectivity index (χ4v) is 2.03. The van der Waals surface area contributed by atoms with Gasteiger partial charge < -0.3 is 5.11 Å². The van der Waals surface area contributed by atoms with Crippen LogP contribution in [0, 0.1) is 0 Å². The molecule has 13 heavy (non-hydrogen) atoms. The van der Waals surface area contributed by atoms with Crippen LogP contribution in [-0.2, 0) is 4.79 Å². The number of hydrogen-bond donors (Lipinski definition) is 1. The summed E-state index contributed by atoms with van der Waals surface area (Å²) in [6.07, 6.45) is 2.78. The van der Waals surface area contributed by atoms with Crippen molar-refractivity contribution in [2.75, 3.05) is 0 Å². The molecular formula is C10H14O2S. The highest BCUT2D eigenvalue weighted by Crippen LogP contribution is 2.24. The fourth-order valence-electron chi connectivity index (χ4n) is 1.31. The zero-order chi connectivity index (χ0) is 9.68. The van der Waals surface area contributed by atoms with Gasteiger partial charge in [0.25, 0.3) is 0 Å². The van der Waals surface area contributed by atoms with Crippen molar-refractivity contribution in [3.63, 3.8) is 0 Å². The van der Waals surface area contributed by atoms with Crippen molar-refractivity contribution in [1.29, 1.82) is 0 Å². The zero-order valence-corrected chi connectivity index (χ0v) is 8.51. The summed E-state index contributed by atoms with van der Waals surface area (Å²) in [6, 6.07) is 1.90. The molecule has 0 aliphatic carbocycles. The second-order valence-electron chi connectivity index (χ2n) is 3.09. The molecule has 0 bridgehead atoms. The van der Waals surface area contributed by atoms with Gasteiger partial charge >= 0.3 is 5.97 Å². The highest BCUT2D eigenvalue weighted by molar-refractivity contribution is 7.08. The molecule has 72 valence electrons. The van der Waals surface area contributed by atoms with Crippen LogP contribution in [0.2, 0.25) is 0 Å². The quantitative estimate of drug-likeness (QED) is 0.789. The Labute approximate surface area is 82.2 Å². The van der Waals surface area contributed by atoms with E-state index in [2.05, 4.69) is 6.92 Å². The Morgan fingerprint density at radius 3 is 2.92 bits per heavy atom. The van der Waals surface area contributed by atoms with Crippen LogP contribution < -0.4 is 0 Å². The lowest BCUT2D eigenvalue weighted by Gasteiger charge is -2.09. The molecule has 1 N–H and O–H groups in total. The van der Waals surface area contributed by atoms with E-state index in [1.807, 2.05) is 16.8 Å². The largest absolute Gasteiger partial charge is 0.481 e. The molecule has 1 heterocycles. The van der Waals surface area contributed by atoms with Gasteiger partial charge in [0.1, 0.15) is 0 Å². The number of carbonyl (C=O) groups is 1. The van der Waals surface area contributed by atoms with E-state index in [0.717, 1.165) is 24.8 Å². The first kappa shape index (κ1) is 10.3. The Bertz CT molecular complexity index is 254. The monoisotopic (exact) mass is 198 g/mol. The highest BCUT2D eigenvalue weighted by atomic mass is 32.1. The minimum atomic E-state index is -0.702. The predicted molar refractivity (Wildman–Crippen MR) is 54.2 cm³/mol. The van der Waals surface area contributed by atoms with E-state index in [4.69, 9.17) is 5.11 Å².